The molecule has 2 heterocycles. The van der Waals surface area contributed by atoms with Gasteiger partial charge in [0.05, 0.1) is 0 Å². The Morgan fingerprint density at radius 3 is 2.72 bits per heavy atom. The Balaban J connectivity index is 2.40. The number of hydrogen-bond donors (Lipinski definition) is 0. The van der Waals surface area contributed by atoms with Crippen LogP contribution in [0.3, 0.4) is 0 Å². The van der Waals surface area contributed by atoms with E-state index in [4.69, 9.17) is 4.74 Å². The van der Waals surface area contributed by atoms with E-state index < -0.39 is 5.60 Å². The van der Waals surface area contributed by atoms with Crippen LogP contribution in [0.4, 0.5) is 10.6 Å². The molecule has 0 spiro atoms. The van der Waals surface area contributed by atoms with E-state index in [0.717, 1.165) is 30.9 Å². The van der Waals surface area contributed by atoms with E-state index in [1.165, 1.54) is 12.8 Å². The first kappa shape index (κ1) is 19.7. The minimum absolute atomic E-state index is 0.0258. The molecule has 0 N–H and O–H groups in total. The average molecular weight is 348 g/mol. The first-order valence-electron chi connectivity index (χ1n) is 9.45. The molecule has 1 fully saturated rings. The topological polar surface area (TPSA) is 45.7 Å². The molecule has 140 valence electrons. The molecule has 1 saturated heterocycles. The zero-order valence-electron chi connectivity index (χ0n) is 16.6. The van der Waals surface area contributed by atoms with Crippen molar-refractivity contribution in [3.63, 3.8) is 0 Å². The summed E-state index contributed by atoms with van der Waals surface area (Å²) in [5.41, 5.74) is 0.600. The molecule has 0 unspecified atom stereocenters. The van der Waals surface area contributed by atoms with E-state index in [-0.39, 0.29) is 12.1 Å². The summed E-state index contributed by atoms with van der Waals surface area (Å²) in [6.07, 6.45) is 4.98. The summed E-state index contributed by atoms with van der Waals surface area (Å²) < 4.78 is 5.64. The maximum absolute atomic E-state index is 12.8. The number of piperidine rings is 1. The van der Waals surface area contributed by atoms with Crippen molar-refractivity contribution in [1.29, 1.82) is 0 Å². The molecular weight excluding hydrogens is 314 g/mol. The van der Waals surface area contributed by atoms with Crippen LogP contribution in [0.2, 0.25) is 0 Å². The van der Waals surface area contributed by atoms with Gasteiger partial charge in [-0.05, 0) is 66.6 Å². The normalized spacial score (nSPS) is 19.1. The third-order valence-corrected chi connectivity index (χ3v) is 4.53. The largest absolute Gasteiger partial charge is 0.443 e. The van der Waals surface area contributed by atoms with Gasteiger partial charge in [-0.1, -0.05) is 19.4 Å². The van der Waals surface area contributed by atoms with Gasteiger partial charge in [-0.25, -0.2) is 9.78 Å². The maximum atomic E-state index is 12.8. The summed E-state index contributed by atoms with van der Waals surface area (Å²) in [5, 5.41) is 0. The van der Waals surface area contributed by atoms with Gasteiger partial charge in [-0.3, -0.25) is 9.80 Å². The van der Waals surface area contributed by atoms with Crippen LogP contribution in [0.1, 0.15) is 72.4 Å². The fourth-order valence-electron chi connectivity index (χ4n) is 3.45. The van der Waals surface area contributed by atoms with E-state index in [9.17, 15) is 4.79 Å². The van der Waals surface area contributed by atoms with Crippen molar-refractivity contribution in [2.45, 2.75) is 78.5 Å². The highest BCUT2D eigenvalue weighted by Crippen LogP contribution is 2.36. The highest BCUT2D eigenvalue weighted by Gasteiger charge is 2.32. The van der Waals surface area contributed by atoms with Gasteiger partial charge < -0.3 is 4.74 Å². The van der Waals surface area contributed by atoms with Gasteiger partial charge in [-0.15, -0.1) is 0 Å². The van der Waals surface area contributed by atoms with Crippen LogP contribution in [0.25, 0.3) is 0 Å². The molecule has 1 atom stereocenters. The number of anilines is 1. The predicted molar refractivity (Wildman–Crippen MR) is 102 cm³/mol. The van der Waals surface area contributed by atoms with Crippen LogP contribution in [-0.2, 0) is 4.74 Å². The molecule has 0 aromatic carbocycles. The van der Waals surface area contributed by atoms with Crippen molar-refractivity contribution in [3.05, 3.63) is 23.9 Å². The molecule has 0 radical (unpaired) electrons. The number of carbonyl (C=O) groups excluding carboxylic acids is 1. The second-order valence-electron chi connectivity index (χ2n) is 8.00. The van der Waals surface area contributed by atoms with Crippen molar-refractivity contribution < 1.29 is 9.53 Å². The second kappa shape index (κ2) is 8.17. The van der Waals surface area contributed by atoms with Crippen molar-refractivity contribution in [3.8, 4) is 0 Å². The molecule has 0 bridgehead atoms. The van der Waals surface area contributed by atoms with Gasteiger partial charge in [0, 0.05) is 23.8 Å². The second-order valence-corrected chi connectivity index (χ2v) is 8.00. The molecule has 0 saturated carbocycles. The average Bonchev–Trinajstić information content (AvgIpc) is 2.53. The number of hydrogen-bond acceptors (Lipinski definition) is 4. The van der Waals surface area contributed by atoms with Crippen LogP contribution in [0, 0.1) is 0 Å². The summed E-state index contributed by atoms with van der Waals surface area (Å²) in [4.78, 5) is 21.6. The number of pyridine rings is 1. The molecule has 25 heavy (non-hydrogen) atoms. The van der Waals surface area contributed by atoms with Crippen LogP contribution >= 0.6 is 0 Å². The van der Waals surface area contributed by atoms with Gasteiger partial charge in [0.1, 0.15) is 11.4 Å². The molecule has 1 aromatic heterocycles. The van der Waals surface area contributed by atoms with E-state index in [2.05, 4.69) is 22.9 Å². The third kappa shape index (κ3) is 4.94. The first-order valence-corrected chi connectivity index (χ1v) is 9.45. The maximum Gasteiger partial charge on any atom is 0.416 e. The Bertz CT molecular complexity index is 581. The summed E-state index contributed by atoms with van der Waals surface area (Å²) >= 11 is 0. The Morgan fingerprint density at radius 1 is 1.40 bits per heavy atom. The van der Waals surface area contributed by atoms with Gasteiger partial charge in [0.15, 0.2) is 0 Å². The standard InChI is InChI=1S/C20H33N3O2/c1-7-22-14-9-8-12-17(22)16-11-10-13-21-18(16)23(15(2)3)19(24)25-20(4,5)6/h10-11,13,15,17H,7-9,12,14H2,1-6H3/t17-/m0/s1. The number of ether oxygens (including phenoxy) is 1. The van der Waals surface area contributed by atoms with Crippen molar-refractivity contribution in [2.75, 3.05) is 18.0 Å². The summed E-state index contributed by atoms with van der Waals surface area (Å²) in [5.74, 6) is 0.733. The molecule has 5 heteroatoms. The Hall–Kier alpha value is -1.62. The SMILES string of the molecule is CCN1CCCC[C@H]1c1cccnc1N(C(=O)OC(C)(C)C)C(C)C. The molecule has 0 aliphatic carbocycles. The van der Waals surface area contributed by atoms with E-state index in [0.29, 0.717) is 6.04 Å². The Kier molecular flexibility index (Phi) is 6.44. The number of amides is 1. The number of nitrogens with zero attached hydrogens (tertiary/aromatic N) is 3. The van der Waals surface area contributed by atoms with Gasteiger partial charge in [0.25, 0.3) is 0 Å². The monoisotopic (exact) mass is 347 g/mol. The summed E-state index contributed by atoms with van der Waals surface area (Å²) in [6, 6.07) is 4.36. The van der Waals surface area contributed by atoms with Crippen LogP contribution in [0.15, 0.2) is 18.3 Å². The van der Waals surface area contributed by atoms with Crippen molar-refractivity contribution in [1.82, 2.24) is 9.88 Å². The van der Waals surface area contributed by atoms with Gasteiger partial charge >= 0.3 is 6.09 Å². The fraction of sp³-hybridized carbons (Fsp3) is 0.700. The number of rotatable bonds is 4. The quantitative estimate of drug-likeness (QED) is 0.786. The predicted octanol–water partition coefficient (Wildman–Crippen LogP) is 4.78. The van der Waals surface area contributed by atoms with Gasteiger partial charge in [0.2, 0.25) is 0 Å². The minimum Gasteiger partial charge on any atom is -0.443 e. The van der Waals surface area contributed by atoms with Crippen molar-refractivity contribution >= 4 is 11.9 Å². The number of carbonyl (C=O) groups is 1. The molecule has 1 aliphatic rings. The highest BCUT2D eigenvalue weighted by atomic mass is 16.6. The smallest absolute Gasteiger partial charge is 0.416 e. The molecule has 1 amide bonds. The lowest BCUT2D eigenvalue weighted by molar-refractivity contribution is 0.0568. The first-order chi connectivity index (χ1) is 11.7. The lowest BCUT2D eigenvalue weighted by Gasteiger charge is -2.38. The van der Waals surface area contributed by atoms with E-state index >= 15 is 0 Å². The number of likely N-dealkylation sites (tertiary alicyclic amines) is 1. The summed E-state index contributed by atoms with van der Waals surface area (Å²) in [7, 11) is 0. The summed E-state index contributed by atoms with van der Waals surface area (Å²) in [6.45, 7) is 14.0. The fourth-order valence-corrected chi connectivity index (χ4v) is 3.45. The molecular formula is C20H33N3O2. The van der Waals surface area contributed by atoms with Crippen LogP contribution in [0.5, 0.6) is 0 Å². The Morgan fingerprint density at radius 2 is 2.12 bits per heavy atom. The molecule has 1 aliphatic heterocycles. The molecule has 1 aromatic rings. The van der Waals surface area contributed by atoms with Crippen molar-refractivity contribution in [2.24, 2.45) is 0 Å². The van der Waals surface area contributed by atoms with Crippen LogP contribution < -0.4 is 4.90 Å². The van der Waals surface area contributed by atoms with Gasteiger partial charge in [-0.2, -0.15) is 0 Å². The molecule has 2 rings (SSSR count). The lowest BCUT2D eigenvalue weighted by atomic mass is 9.95. The third-order valence-electron chi connectivity index (χ3n) is 4.53. The van der Waals surface area contributed by atoms with E-state index in [1.807, 2.05) is 40.7 Å². The zero-order chi connectivity index (χ0) is 18.6. The number of aromatic nitrogens is 1. The zero-order valence-corrected chi connectivity index (χ0v) is 16.6. The minimum atomic E-state index is -0.528. The highest BCUT2D eigenvalue weighted by molar-refractivity contribution is 5.88. The van der Waals surface area contributed by atoms with E-state index in [1.54, 1.807) is 11.1 Å². The van der Waals surface area contributed by atoms with Crippen LogP contribution in [-0.4, -0.2) is 40.7 Å². The Labute approximate surface area is 152 Å². The molecule has 5 nitrogen and oxygen atoms in total. The lowest BCUT2D eigenvalue weighted by Crippen LogP contribution is -2.43.